The molecule has 0 saturated carbocycles. The van der Waals surface area contributed by atoms with Gasteiger partial charge < -0.3 is 25.2 Å². The predicted molar refractivity (Wildman–Crippen MR) is 122 cm³/mol. The summed E-state index contributed by atoms with van der Waals surface area (Å²) in [6, 6.07) is 9.16. The first-order chi connectivity index (χ1) is 16.0. The van der Waals surface area contributed by atoms with Crippen LogP contribution in [-0.2, 0) is 36.9 Å². The minimum absolute atomic E-state index is 0.262. The minimum Gasteiger partial charge on any atom is -0.481 e. The summed E-state index contributed by atoms with van der Waals surface area (Å²) < 4.78 is 5.01. The second kappa shape index (κ2) is 11.9. The van der Waals surface area contributed by atoms with Gasteiger partial charge in [-0.25, -0.2) is 9.59 Å². The molecule has 1 aromatic carbocycles. The molecule has 10 nitrogen and oxygen atoms in total. The number of aliphatic hydroxyl groups is 1. The van der Waals surface area contributed by atoms with Crippen LogP contribution in [0, 0.1) is 0 Å². The Balaban J connectivity index is 0.000000273. The van der Waals surface area contributed by atoms with Crippen LogP contribution in [0.4, 0.5) is 0 Å². The lowest BCUT2D eigenvalue weighted by Crippen LogP contribution is -2.42. The number of carboxylic acids is 3. The fourth-order valence-corrected chi connectivity index (χ4v) is 4.61. The number of hydrogen-bond acceptors (Lipinski definition) is 8. The average molecular weight is 514 g/mol. The standard InChI is InChI=1S/C16H16ClNO2S.C6H8O7/c1-20-16(19)15(12-4-2-3-5-13(12)17)18-8-6-14-11(10-18)7-9-21-14;7-3(8)1-6(13,5(11)12)2-4(9)10/h2-5,7,9,15H,6,8,10H2,1H3;13H,1-2H2,(H,7,8)(H,9,10)(H,11,12). The fraction of sp³-hybridized carbons (Fsp3) is 0.364. The van der Waals surface area contributed by atoms with Gasteiger partial charge in [-0.1, -0.05) is 29.8 Å². The number of fused-ring (bicyclic) bond motifs is 1. The van der Waals surface area contributed by atoms with E-state index >= 15 is 0 Å². The first kappa shape index (κ1) is 27.3. The molecule has 0 aliphatic carbocycles. The van der Waals surface area contributed by atoms with Gasteiger partial charge in [0.05, 0.1) is 20.0 Å². The molecule has 0 bridgehead atoms. The van der Waals surface area contributed by atoms with Gasteiger partial charge >= 0.3 is 23.9 Å². The summed E-state index contributed by atoms with van der Waals surface area (Å²) in [7, 11) is 1.42. The van der Waals surface area contributed by atoms with E-state index in [0.29, 0.717) is 5.02 Å². The molecule has 1 aliphatic rings. The number of nitrogens with zero attached hydrogens (tertiary/aromatic N) is 1. The summed E-state index contributed by atoms with van der Waals surface area (Å²) in [6.07, 6.45) is -1.33. The van der Waals surface area contributed by atoms with Crippen LogP contribution in [0.1, 0.15) is 34.9 Å². The minimum atomic E-state index is -2.74. The van der Waals surface area contributed by atoms with Crippen LogP contribution >= 0.6 is 22.9 Å². The molecule has 2 heterocycles. The molecule has 0 saturated heterocycles. The van der Waals surface area contributed by atoms with Crippen molar-refractivity contribution in [1.29, 1.82) is 0 Å². The number of hydrogen-bond donors (Lipinski definition) is 4. The average Bonchev–Trinajstić information content (AvgIpc) is 3.22. The van der Waals surface area contributed by atoms with Crippen LogP contribution in [-0.4, -0.2) is 68.5 Å². The molecule has 1 aromatic heterocycles. The van der Waals surface area contributed by atoms with Gasteiger partial charge in [-0.3, -0.25) is 14.5 Å². The molecule has 1 unspecified atom stereocenters. The van der Waals surface area contributed by atoms with Crippen molar-refractivity contribution in [2.75, 3.05) is 13.7 Å². The monoisotopic (exact) mass is 513 g/mol. The smallest absolute Gasteiger partial charge is 0.336 e. The summed E-state index contributed by atoms with van der Waals surface area (Å²) in [5.74, 6) is -5.28. The largest absolute Gasteiger partial charge is 0.481 e. The van der Waals surface area contributed by atoms with Gasteiger partial charge in [-0.2, -0.15) is 0 Å². The number of carbonyl (C=O) groups is 4. The van der Waals surface area contributed by atoms with Gasteiger partial charge in [0.25, 0.3) is 0 Å². The second-order valence-corrected chi connectivity index (χ2v) is 8.92. The molecule has 1 atom stereocenters. The Labute approximate surface area is 204 Å². The SMILES string of the molecule is COC(=O)C(c1ccccc1Cl)N1CCc2sccc2C1.O=C(O)CC(O)(CC(=O)O)C(=O)O. The van der Waals surface area contributed by atoms with Gasteiger partial charge in [-0.05, 0) is 35.1 Å². The number of aliphatic carboxylic acids is 3. The highest BCUT2D eigenvalue weighted by molar-refractivity contribution is 7.10. The molecule has 0 spiro atoms. The maximum absolute atomic E-state index is 12.3. The summed E-state index contributed by atoms with van der Waals surface area (Å²) in [5.41, 5.74) is -0.630. The van der Waals surface area contributed by atoms with Crippen molar-refractivity contribution in [3.8, 4) is 0 Å². The van der Waals surface area contributed by atoms with Gasteiger partial charge in [-0.15, -0.1) is 11.3 Å². The lowest BCUT2D eigenvalue weighted by Gasteiger charge is -2.33. The molecule has 2 aromatic rings. The highest BCUT2D eigenvalue weighted by Gasteiger charge is 2.40. The Bertz CT molecular complexity index is 1040. The van der Waals surface area contributed by atoms with Crippen LogP contribution in [0.5, 0.6) is 0 Å². The number of benzene rings is 1. The Kier molecular flexibility index (Phi) is 9.56. The van der Waals surface area contributed by atoms with Crippen LogP contribution in [0.25, 0.3) is 0 Å². The molecule has 12 heteroatoms. The highest BCUT2D eigenvalue weighted by Crippen LogP contribution is 2.33. The molecule has 184 valence electrons. The quantitative estimate of drug-likeness (QED) is 0.385. The third kappa shape index (κ3) is 7.00. The van der Waals surface area contributed by atoms with Gasteiger partial charge in [0.2, 0.25) is 0 Å². The fourth-order valence-electron chi connectivity index (χ4n) is 3.49. The number of rotatable bonds is 8. The van der Waals surface area contributed by atoms with Crippen molar-refractivity contribution in [2.45, 2.75) is 37.5 Å². The summed E-state index contributed by atoms with van der Waals surface area (Å²) >= 11 is 8.07. The van der Waals surface area contributed by atoms with Crippen molar-refractivity contribution in [3.63, 3.8) is 0 Å². The molecule has 4 N–H and O–H groups in total. The second-order valence-electron chi connectivity index (χ2n) is 7.51. The molecular formula is C22H24ClNO9S. The van der Waals surface area contributed by atoms with Gasteiger partial charge in [0, 0.05) is 23.0 Å². The predicted octanol–water partition coefficient (Wildman–Crippen LogP) is 2.43. The van der Waals surface area contributed by atoms with E-state index in [1.54, 1.807) is 11.3 Å². The van der Waals surface area contributed by atoms with Crippen LogP contribution in [0.15, 0.2) is 35.7 Å². The molecule has 0 radical (unpaired) electrons. The Morgan fingerprint density at radius 2 is 1.74 bits per heavy atom. The maximum atomic E-state index is 12.3. The van der Waals surface area contributed by atoms with Crippen molar-refractivity contribution in [2.24, 2.45) is 0 Å². The number of ether oxygens (including phenoxy) is 1. The van der Waals surface area contributed by atoms with Crippen molar-refractivity contribution in [1.82, 2.24) is 4.90 Å². The number of methoxy groups -OCH3 is 1. The Morgan fingerprint density at radius 3 is 2.26 bits per heavy atom. The molecular weight excluding hydrogens is 490 g/mol. The number of thiophene rings is 1. The van der Waals surface area contributed by atoms with Gasteiger partial charge in [0.15, 0.2) is 5.60 Å². The zero-order chi connectivity index (χ0) is 25.5. The number of halogens is 1. The lowest BCUT2D eigenvalue weighted by molar-refractivity contribution is -0.170. The number of carboxylic acid groups (broad SMARTS) is 3. The Morgan fingerprint density at radius 1 is 1.12 bits per heavy atom. The van der Waals surface area contributed by atoms with Crippen molar-refractivity contribution in [3.05, 3.63) is 56.7 Å². The van der Waals surface area contributed by atoms with E-state index in [9.17, 15) is 19.2 Å². The van der Waals surface area contributed by atoms with Crippen LogP contribution in [0.2, 0.25) is 5.02 Å². The van der Waals surface area contributed by atoms with E-state index in [-0.39, 0.29) is 5.97 Å². The zero-order valence-electron chi connectivity index (χ0n) is 18.1. The first-order valence-electron chi connectivity index (χ1n) is 9.99. The third-order valence-electron chi connectivity index (χ3n) is 5.11. The molecule has 0 amide bonds. The maximum Gasteiger partial charge on any atom is 0.336 e. The lowest BCUT2D eigenvalue weighted by atomic mass is 9.96. The molecule has 34 heavy (non-hydrogen) atoms. The van der Waals surface area contributed by atoms with E-state index in [0.717, 1.165) is 25.1 Å². The van der Waals surface area contributed by atoms with Crippen molar-refractivity contribution >= 4 is 46.8 Å². The number of esters is 1. The summed E-state index contributed by atoms with van der Waals surface area (Å²) in [5, 5.41) is 36.5. The highest BCUT2D eigenvalue weighted by atomic mass is 35.5. The first-order valence-corrected chi connectivity index (χ1v) is 11.2. The molecule has 3 rings (SSSR count). The number of carbonyl (C=O) groups excluding carboxylic acids is 1. The van der Waals surface area contributed by atoms with E-state index in [1.807, 2.05) is 24.3 Å². The zero-order valence-corrected chi connectivity index (χ0v) is 19.7. The summed E-state index contributed by atoms with van der Waals surface area (Å²) in [6.45, 7) is 1.59. The van der Waals surface area contributed by atoms with E-state index in [1.165, 1.54) is 17.6 Å². The Hall–Kier alpha value is -2.99. The van der Waals surface area contributed by atoms with E-state index in [4.69, 9.17) is 36.8 Å². The van der Waals surface area contributed by atoms with E-state index in [2.05, 4.69) is 16.3 Å². The van der Waals surface area contributed by atoms with Crippen LogP contribution in [0.3, 0.4) is 0 Å². The summed E-state index contributed by atoms with van der Waals surface area (Å²) in [4.78, 5) is 46.3. The third-order valence-corrected chi connectivity index (χ3v) is 6.48. The molecule has 0 fully saturated rings. The van der Waals surface area contributed by atoms with Crippen LogP contribution < -0.4 is 0 Å². The normalized spacial score (nSPS) is 14.2. The molecule has 1 aliphatic heterocycles. The topological polar surface area (TPSA) is 162 Å². The van der Waals surface area contributed by atoms with Gasteiger partial charge in [0.1, 0.15) is 6.04 Å². The van der Waals surface area contributed by atoms with E-state index < -0.39 is 42.4 Å². The van der Waals surface area contributed by atoms with Crippen molar-refractivity contribution < 1.29 is 44.3 Å².